The van der Waals surface area contributed by atoms with Crippen LogP contribution in [0.2, 0.25) is 0 Å². The first-order valence-corrected chi connectivity index (χ1v) is 11.2. The maximum absolute atomic E-state index is 14.5. The van der Waals surface area contributed by atoms with E-state index in [9.17, 15) is 23.6 Å². The van der Waals surface area contributed by atoms with Gasteiger partial charge in [0.1, 0.15) is 17.8 Å². The second kappa shape index (κ2) is 9.62. The van der Waals surface area contributed by atoms with Gasteiger partial charge in [-0.1, -0.05) is 62.4 Å². The van der Waals surface area contributed by atoms with E-state index in [0.717, 1.165) is 17.2 Å². The van der Waals surface area contributed by atoms with E-state index in [4.69, 9.17) is 4.74 Å². The minimum absolute atomic E-state index is 0.0545. The van der Waals surface area contributed by atoms with Crippen LogP contribution in [0.3, 0.4) is 0 Å². The van der Waals surface area contributed by atoms with Crippen molar-refractivity contribution in [2.45, 2.75) is 32.8 Å². The van der Waals surface area contributed by atoms with Crippen LogP contribution >= 0.6 is 0 Å². The molecule has 35 heavy (non-hydrogen) atoms. The van der Waals surface area contributed by atoms with Crippen LogP contribution in [0.5, 0.6) is 0 Å². The number of esters is 1. The predicted octanol–water partition coefficient (Wildman–Crippen LogP) is 5.18. The minimum atomic E-state index is -1.76. The van der Waals surface area contributed by atoms with Crippen LogP contribution in [0.25, 0.3) is 0 Å². The predicted molar refractivity (Wildman–Crippen MR) is 128 cm³/mol. The lowest BCUT2D eigenvalue weighted by molar-refractivity contribution is -0.138. The number of hydrogen-bond acceptors (Lipinski definition) is 5. The molecule has 3 aromatic rings. The summed E-state index contributed by atoms with van der Waals surface area (Å²) in [6.07, 6.45) is -1.36. The van der Waals surface area contributed by atoms with Crippen molar-refractivity contribution >= 4 is 29.1 Å². The zero-order valence-electron chi connectivity index (χ0n) is 19.5. The quantitative estimate of drug-likeness (QED) is 0.221. The van der Waals surface area contributed by atoms with Gasteiger partial charge >= 0.3 is 5.97 Å². The molecule has 0 saturated heterocycles. The van der Waals surface area contributed by atoms with E-state index in [1.807, 2.05) is 26.0 Å². The van der Waals surface area contributed by atoms with E-state index in [2.05, 4.69) is 5.32 Å². The Morgan fingerprint density at radius 3 is 2.34 bits per heavy atom. The molecule has 3 aromatic carbocycles. The molecular formula is C28H24FNO5. The monoisotopic (exact) mass is 473 g/mol. The molecule has 0 bridgehead atoms. The van der Waals surface area contributed by atoms with Crippen molar-refractivity contribution in [3.8, 4) is 0 Å². The molecule has 6 nitrogen and oxygen atoms in total. The lowest BCUT2D eigenvalue weighted by atomic mass is 9.84. The van der Waals surface area contributed by atoms with Crippen molar-refractivity contribution in [1.82, 2.24) is 0 Å². The Bertz CT molecular complexity index is 1350. The summed E-state index contributed by atoms with van der Waals surface area (Å²) < 4.78 is 19.9. The highest BCUT2D eigenvalue weighted by Crippen LogP contribution is 2.38. The van der Waals surface area contributed by atoms with Gasteiger partial charge in [-0.05, 0) is 42.2 Å². The zero-order chi connectivity index (χ0) is 25.3. The van der Waals surface area contributed by atoms with Crippen molar-refractivity contribution < 1.29 is 28.3 Å². The number of cyclic esters (lactones) is 1. The highest BCUT2D eigenvalue weighted by atomic mass is 19.1. The summed E-state index contributed by atoms with van der Waals surface area (Å²) in [6.45, 7) is 5.69. The van der Waals surface area contributed by atoms with Gasteiger partial charge in [0.05, 0.1) is 11.1 Å². The van der Waals surface area contributed by atoms with E-state index >= 15 is 0 Å². The zero-order valence-corrected chi connectivity index (χ0v) is 19.5. The smallest absolute Gasteiger partial charge is 0.339 e. The Hall–Kier alpha value is -4.13. The van der Waals surface area contributed by atoms with Gasteiger partial charge in [-0.15, -0.1) is 0 Å². The van der Waals surface area contributed by atoms with Gasteiger partial charge < -0.3 is 10.1 Å². The molecule has 1 heterocycles. The molecule has 0 spiro atoms. The number of amides is 1. The molecular weight excluding hydrogens is 449 g/mol. The summed E-state index contributed by atoms with van der Waals surface area (Å²) in [6, 6.07) is 17.0. The third-order valence-electron chi connectivity index (χ3n) is 6.12. The van der Waals surface area contributed by atoms with Crippen molar-refractivity contribution in [1.29, 1.82) is 0 Å². The molecule has 0 unspecified atom stereocenters. The normalized spacial score (nSPS) is 15.3. The fourth-order valence-corrected chi connectivity index (χ4v) is 4.30. The number of hydrogen-bond donors (Lipinski definition) is 1. The van der Waals surface area contributed by atoms with Crippen LogP contribution in [0, 0.1) is 18.7 Å². The molecule has 178 valence electrons. The molecule has 0 saturated carbocycles. The van der Waals surface area contributed by atoms with E-state index in [-0.39, 0.29) is 17.0 Å². The number of ether oxygens (including phenoxy) is 1. The first kappa shape index (κ1) is 24.0. The molecule has 1 aliphatic heterocycles. The molecule has 0 aromatic heterocycles. The number of halogens is 1. The summed E-state index contributed by atoms with van der Waals surface area (Å²) in [5.41, 5.74) is 2.16. The Kier molecular flexibility index (Phi) is 6.60. The highest BCUT2D eigenvalue weighted by Gasteiger charge is 2.46. The number of fused-ring (bicyclic) bond motifs is 1. The lowest BCUT2D eigenvalue weighted by Crippen LogP contribution is -2.38. The number of carbonyl (C=O) groups excluding carboxylic acids is 4. The number of Topliss-reactive ketones (excluding diaryl/α,β-unsaturated/α-hetero) is 2. The third kappa shape index (κ3) is 4.49. The lowest BCUT2D eigenvalue weighted by Gasteiger charge is -2.22. The Balaban J connectivity index is 1.76. The second-order valence-corrected chi connectivity index (χ2v) is 8.75. The Morgan fingerprint density at radius 2 is 1.63 bits per heavy atom. The standard InChI is InChI=1S/C28H24FNO5/c1-15(2)17-13-8-9-16(3)23(17)30-27(33)25(32)22(24(31)20-12-6-7-14-21(20)29)26-18-10-4-5-11-19(18)28(34)35-26/h4-15,22,26H,1-3H3,(H,30,33)/t22-,26-/m1/s1. The molecule has 1 aliphatic rings. The molecule has 1 N–H and O–H groups in total. The molecule has 0 aliphatic carbocycles. The number of anilines is 1. The first-order valence-electron chi connectivity index (χ1n) is 11.2. The Labute approximate surface area is 202 Å². The molecule has 1 amide bonds. The molecule has 2 atom stereocenters. The molecule has 0 fully saturated rings. The van der Waals surface area contributed by atoms with Crippen molar-refractivity contribution in [2.24, 2.45) is 5.92 Å². The van der Waals surface area contributed by atoms with Crippen LogP contribution < -0.4 is 5.32 Å². The summed E-state index contributed by atoms with van der Waals surface area (Å²) in [5.74, 6) is -6.36. The van der Waals surface area contributed by atoms with Gasteiger partial charge in [-0.25, -0.2) is 9.18 Å². The summed E-state index contributed by atoms with van der Waals surface area (Å²) in [4.78, 5) is 52.6. The van der Waals surface area contributed by atoms with Gasteiger partial charge in [0.25, 0.3) is 5.91 Å². The first-order chi connectivity index (χ1) is 16.7. The van der Waals surface area contributed by atoms with Gasteiger partial charge in [0.2, 0.25) is 5.78 Å². The van der Waals surface area contributed by atoms with E-state index in [1.54, 1.807) is 31.2 Å². The van der Waals surface area contributed by atoms with Crippen LogP contribution in [0.1, 0.15) is 63.3 Å². The van der Waals surface area contributed by atoms with Gasteiger partial charge in [-0.3, -0.25) is 14.4 Å². The fraction of sp³-hybridized carbons (Fsp3) is 0.214. The average molecular weight is 474 g/mol. The number of carbonyl (C=O) groups is 4. The second-order valence-electron chi connectivity index (χ2n) is 8.75. The number of nitrogens with one attached hydrogen (secondary N) is 1. The van der Waals surface area contributed by atoms with E-state index in [0.29, 0.717) is 11.3 Å². The maximum Gasteiger partial charge on any atom is 0.339 e. The SMILES string of the molecule is Cc1cccc(C(C)C)c1NC(=O)C(=O)[C@@H](C(=O)c1ccccc1F)[C@@H]1OC(=O)c2ccccc21. The number of benzene rings is 3. The van der Waals surface area contributed by atoms with E-state index in [1.165, 1.54) is 24.3 Å². The van der Waals surface area contributed by atoms with Crippen LogP contribution in [-0.2, 0) is 14.3 Å². The molecule has 0 radical (unpaired) electrons. The van der Waals surface area contributed by atoms with Crippen LogP contribution in [-0.4, -0.2) is 23.4 Å². The van der Waals surface area contributed by atoms with Crippen molar-refractivity contribution in [3.63, 3.8) is 0 Å². The minimum Gasteiger partial charge on any atom is -0.453 e. The maximum atomic E-state index is 14.5. The largest absolute Gasteiger partial charge is 0.453 e. The van der Waals surface area contributed by atoms with Crippen molar-refractivity contribution in [2.75, 3.05) is 5.32 Å². The third-order valence-corrected chi connectivity index (χ3v) is 6.12. The Morgan fingerprint density at radius 1 is 0.943 bits per heavy atom. The number of para-hydroxylation sites is 1. The molecule has 7 heteroatoms. The number of rotatable bonds is 7. The fourth-order valence-electron chi connectivity index (χ4n) is 4.30. The van der Waals surface area contributed by atoms with Crippen LogP contribution in [0.4, 0.5) is 10.1 Å². The average Bonchev–Trinajstić information content (AvgIpc) is 3.16. The highest BCUT2D eigenvalue weighted by molar-refractivity contribution is 6.45. The van der Waals surface area contributed by atoms with Crippen molar-refractivity contribution in [3.05, 3.63) is 100 Å². The summed E-state index contributed by atoms with van der Waals surface area (Å²) in [7, 11) is 0. The van der Waals surface area contributed by atoms with Gasteiger partial charge in [-0.2, -0.15) is 0 Å². The van der Waals surface area contributed by atoms with E-state index < -0.39 is 41.3 Å². The van der Waals surface area contributed by atoms with Gasteiger partial charge in [0.15, 0.2) is 5.78 Å². The number of ketones is 2. The summed E-state index contributed by atoms with van der Waals surface area (Å²) >= 11 is 0. The summed E-state index contributed by atoms with van der Waals surface area (Å²) in [5, 5.41) is 2.65. The van der Waals surface area contributed by atoms with Gasteiger partial charge in [0, 0.05) is 11.3 Å². The van der Waals surface area contributed by atoms with Crippen LogP contribution in [0.15, 0.2) is 66.7 Å². The topological polar surface area (TPSA) is 89.5 Å². The molecule has 4 rings (SSSR count). The number of aryl methyl sites for hydroxylation is 1.